The highest BCUT2D eigenvalue weighted by Gasteiger charge is 2.46. The summed E-state index contributed by atoms with van der Waals surface area (Å²) in [6.07, 6.45) is 0.612. The molecule has 0 saturated carbocycles. The molecule has 3 saturated heterocycles. The van der Waals surface area contributed by atoms with E-state index >= 15 is 0 Å². The molecule has 4 aromatic heterocycles. The molecule has 40 heavy (non-hydrogen) atoms. The third-order valence-electron chi connectivity index (χ3n) is 7.07. The highest BCUT2D eigenvalue weighted by molar-refractivity contribution is 8.00. The Hall–Kier alpha value is -2.66. The van der Waals surface area contributed by atoms with E-state index in [0.29, 0.717) is 18.2 Å². The Morgan fingerprint density at radius 3 is 2.67 bits per heavy atom. The summed E-state index contributed by atoms with van der Waals surface area (Å²) in [5, 5.41) is 11.3. The summed E-state index contributed by atoms with van der Waals surface area (Å²) >= 11 is 5.54. The lowest BCUT2D eigenvalue weighted by Crippen LogP contribution is -2.30. The number of aliphatic hydroxyl groups is 1. The number of imidazole rings is 2. The molecular formula is C20H23N9O8P2S. The minimum Gasteiger partial charge on any atom is -0.388 e. The molecule has 4 aromatic rings. The fraction of sp³-hybridized carbons (Fsp3) is 0.500. The van der Waals surface area contributed by atoms with Gasteiger partial charge in [0.25, 0.3) is 11.1 Å². The van der Waals surface area contributed by atoms with Crippen molar-refractivity contribution in [2.75, 3.05) is 18.5 Å². The van der Waals surface area contributed by atoms with Crippen molar-refractivity contribution in [3.63, 3.8) is 0 Å². The van der Waals surface area contributed by atoms with Crippen LogP contribution in [0.15, 0.2) is 28.6 Å². The van der Waals surface area contributed by atoms with Crippen molar-refractivity contribution in [3.05, 3.63) is 39.7 Å². The number of nitrogens with zero attached hydrogens (tertiary/aromatic N) is 6. The van der Waals surface area contributed by atoms with E-state index in [4.69, 9.17) is 40.6 Å². The van der Waals surface area contributed by atoms with Gasteiger partial charge in [0.05, 0.1) is 31.7 Å². The summed E-state index contributed by atoms with van der Waals surface area (Å²) in [4.78, 5) is 45.9. The lowest BCUT2D eigenvalue weighted by molar-refractivity contribution is -0.0988. The van der Waals surface area contributed by atoms with Crippen molar-refractivity contribution < 1.29 is 28.2 Å². The molecule has 5 N–H and O–H groups in total. The van der Waals surface area contributed by atoms with Crippen LogP contribution in [0.4, 0.5) is 5.95 Å². The van der Waals surface area contributed by atoms with Crippen molar-refractivity contribution >= 4 is 56.0 Å². The van der Waals surface area contributed by atoms with Gasteiger partial charge in [-0.05, 0) is 18.0 Å². The average molecular weight is 611 g/mol. The van der Waals surface area contributed by atoms with E-state index in [1.54, 1.807) is 4.57 Å². The van der Waals surface area contributed by atoms with E-state index in [2.05, 4.69) is 29.9 Å². The average Bonchev–Trinajstić information content (AvgIpc) is 3.68. The van der Waals surface area contributed by atoms with Gasteiger partial charge in [-0.2, -0.15) is 4.98 Å². The molecule has 212 valence electrons. The summed E-state index contributed by atoms with van der Waals surface area (Å²) in [6.45, 7) is 0.0737. The molecule has 0 spiro atoms. The number of nitrogens with two attached hydrogens (primary N) is 1. The Labute approximate surface area is 230 Å². The van der Waals surface area contributed by atoms with Crippen molar-refractivity contribution in [3.8, 4) is 0 Å². The fourth-order valence-electron chi connectivity index (χ4n) is 5.19. The first-order valence-electron chi connectivity index (χ1n) is 12.2. The van der Waals surface area contributed by atoms with Crippen LogP contribution in [-0.2, 0) is 34.9 Å². The highest BCUT2D eigenvalue weighted by atomic mass is 32.4. The molecule has 20 heteroatoms. The van der Waals surface area contributed by atoms with Crippen LogP contribution in [0.2, 0.25) is 0 Å². The number of ether oxygens (including phenoxy) is 2. The van der Waals surface area contributed by atoms with Crippen molar-refractivity contribution in [1.29, 1.82) is 0 Å². The van der Waals surface area contributed by atoms with Gasteiger partial charge in [0.1, 0.15) is 12.2 Å². The quantitative estimate of drug-likeness (QED) is 0.210. The van der Waals surface area contributed by atoms with E-state index in [1.165, 1.54) is 23.5 Å². The SMILES string of the molecule is Nc1nc2c(ncn2[C@@H]2OC3C[C@H]2O[PH](=S)OC[C@H]2O[C@@H](n4cnc5c(=O)[nH]cnc54)[C@H](O)[C@@H]2CPO3)c(=O)[nH]1. The van der Waals surface area contributed by atoms with Gasteiger partial charge < -0.3 is 38.9 Å². The summed E-state index contributed by atoms with van der Waals surface area (Å²) < 4.78 is 33.6. The molecule has 0 amide bonds. The second kappa shape index (κ2) is 10.3. The highest BCUT2D eigenvalue weighted by Crippen LogP contribution is 2.45. The monoisotopic (exact) mass is 611 g/mol. The lowest BCUT2D eigenvalue weighted by atomic mass is 10.0. The Kier molecular flexibility index (Phi) is 6.77. The minimum absolute atomic E-state index is 0.0544. The summed E-state index contributed by atoms with van der Waals surface area (Å²) in [7, 11) is -2.30. The Balaban J connectivity index is 1.12. The number of nitrogen functional groups attached to an aromatic ring is 1. The summed E-state index contributed by atoms with van der Waals surface area (Å²) in [5.74, 6) is -0.433. The zero-order chi connectivity index (χ0) is 27.5. The number of H-pyrrole nitrogens is 2. The summed E-state index contributed by atoms with van der Waals surface area (Å²) in [6, 6.07) is 0. The molecule has 7 rings (SSSR count). The van der Waals surface area contributed by atoms with Crippen molar-refractivity contribution in [1.82, 2.24) is 39.0 Å². The molecule has 0 radical (unpaired) electrons. The molecule has 3 fully saturated rings. The Morgan fingerprint density at radius 1 is 1.07 bits per heavy atom. The van der Waals surface area contributed by atoms with Gasteiger partial charge in [0.15, 0.2) is 48.2 Å². The van der Waals surface area contributed by atoms with Gasteiger partial charge >= 0.3 is 0 Å². The number of aliphatic hydroxyl groups excluding tert-OH is 1. The molecule has 17 nitrogen and oxygen atoms in total. The van der Waals surface area contributed by atoms with Crippen LogP contribution in [0.5, 0.6) is 0 Å². The number of nitrogens with one attached hydrogen (secondary N) is 2. The number of anilines is 1. The van der Waals surface area contributed by atoms with E-state index in [1.807, 2.05) is 0 Å². The van der Waals surface area contributed by atoms with Crippen LogP contribution in [0, 0.1) is 5.92 Å². The third kappa shape index (κ3) is 4.49. The lowest BCUT2D eigenvalue weighted by Gasteiger charge is -2.23. The number of aromatic amines is 2. The van der Waals surface area contributed by atoms with E-state index in [-0.39, 0.29) is 49.5 Å². The first-order chi connectivity index (χ1) is 19.4. The minimum atomic E-state index is -2.24. The Morgan fingerprint density at radius 2 is 1.85 bits per heavy atom. The zero-order valence-electron chi connectivity index (χ0n) is 20.4. The van der Waals surface area contributed by atoms with E-state index in [9.17, 15) is 14.7 Å². The maximum absolute atomic E-state index is 12.2. The second-order valence-corrected chi connectivity index (χ2v) is 12.4. The van der Waals surface area contributed by atoms with Crippen molar-refractivity contribution in [2.24, 2.45) is 5.92 Å². The van der Waals surface area contributed by atoms with Crippen LogP contribution in [-0.4, -0.2) is 81.5 Å². The van der Waals surface area contributed by atoms with Crippen LogP contribution in [0.25, 0.3) is 22.3 Å². The van der Waals surface area contributed by atoms with Crippen LogP contribution in [0.1, 0.15) is 18.9 Å². The van der Waals surface area contributed by atoms with Gasteiger partial charge in [-0.25, -0.2) is 15.0 Å². The zero-order valence-corrected chi connectivity index (χ0v) is 23.2. The second-order valence-electron chi connectivity index (χ2n) is 9.43. The van der Waals surface area contributed by atoms with E-state index in [0.717, 1.165) is 0 Å². The molecule has 3 aliphatic heterocycles. The molecule has 7 heterocycles. The predicted octanol–water partition coefficient (Wildman–Crippen LogP) is -0.514. The smallest absolute Gasteiger partial charge is 0.280 e. The molecule has 3 aliphatic rings. The molecule has 2 bridgehead atoms. The molecule has 0 aromatic carbocycles. The standard InChI is InChI=1S/C20H23N9O8P2S/c21-20-26-15-12(17(32)27-20)25-6-29(15)18-8-1-10(35-18)36-38-3-7-9(2-33-39(40)37-8)34-19(13(7)30)28-5-24-11-14(28)22-4-23-16(11)31/h4-10,13,18-19,30,38-39H,1-3H2,(H,22,23,31)(H3,21,26,27,32)/t7-,8-,9-,10?,13-,18-,19-/m1/s1. The number of hydrogen-bond donors (Lipinski definition) is 4. The molecule has 3 unspecified atom stereocenters. The van der Waals surface area contributed by atoms with Crippen molar-refractivity contribution in [2.45, 2.75) is 43.5 Å². The first kappa shape index (κ1) is 26.3. The predicted molar refractivity (Wildman–Crippen MR) is 143 cm³/mol. The molecule has 9 atom stereocenters. The number of rotatable bonds is 2. The van der Waals surface area contributed by atoms with Crippen LogP contribution in [0.3, 0.4) is 0 Å². The molecular weight excluding hydrogens is 588 g/mol. The van der Waals surface area contributed by atoms with Gasteiger partial charge in [0.2, 0.25) is 5.95 Å². The van der Waals surface area contributed by atoms with Gasteiger partial charge in [-0.3, -0.25) is 23.7 Å². The number of fused-ring (bicyclic) bond motifs is 5. The largest absolute Gasteiger partial charge is 0.388 e. The van der Waals surface area contributed by atoms with Gasteiger partial charge in [0, 0.05) is 21.1 Å². The maximum atomic E-state index is 12.2. The van der Waals surface area contributed by atoms with Gasteiger partial charge in [-0.1, -0.05) is 0 Å². The summed E-state index contributed by atoms with van der Waals surface area (Å²) in [5.41, 5.74) is 5.68. The number of hydrogen-bond acceptors (Lipinski definition) is 14. The Bertz CT molecular complexity index is 1730. The topological polar surface area (TPSA) is 220 Å². The number of aromatic nitrogens is 8. The molecule has 0 aliphatic carbocycles. The van der Waals surface area contributed by atoms with Gasteiger partial charge in [-0.15, -0.1) is 0 Å². The normalized spacial score (nSPS) is 33.7. The fourth-order valence-corrected chi connectivity index (χ4v) is 7.73. The van der Waals surface area contributed by atoms with Crippen LogP contribution < -0.4 is 16.9 Å². The van der Waals surface area contributed by atoms with Crippen LogP contribution >= 0.6 is 16.0 Å². The maximum Gasteiger partial charge on any atom is 0.280 e. The van der Waals surface area contributed by atoms with E-state index < -0.39 is 49.8 Å². The third-order valence-corrected chi connectivity index (χ3v) is 9.68. The first-order valence-corrected chi connectivity index (χ1v) is 15.8.